The second-order valence-electron chi connectivity index (χ2n) is 11.6. The van der Waals surface area contributed by atoms with E-state index in [4.69, 9.17) is 16.6 Å². The summed E-state index contributed by atoms with van der Waals surface area (Å²) in [5.41, 5.74) is 5.39. The van der Waals surface area contributed by atoms with Gasteiger partial charge in [-0.1, -0.05) is 108 Å². The number of nitrogens with zero attached hydrogens (tertiary/aromatic N) is 1. The Morgan fingerprint density at radius 2 is 1.49 bits per heavy atom. The molecule has 1 heterocycles. The molecule has 3 N–H and O–H groups in total. The van der Waals surface area contributed by atoms with Crippen LogP contribution in [0.5, 0.6) is 0 Å². The summed E-state index contributed by atoms with van der Waals surface area (Å²) in [6.45, 7) is 4.03. The van der Waals surface area contributed by atoms with E-state index in [0.717, 1.165) is 32.2 Å². The van der Waals surface area contributed by atoms with Crippen LogP contribution in [0.2, 0.25) is 5.02 Å². The summed E-state index contributed by atoms with van der Waals surface area (Å²) in [5, 5.41) is 9.10. The third-order valence-corrected chi connectivity index (χ3v) is 10.1. The zero-order valence-corrected chi connectivity index (χ0v) is 30.1. The fraction of sp³-hybridized carbons (Fsp3) is 0.0732. The lowest BCUT2D eigenvalue weighted by Gasteiger charge is -2.17. The Morgan fingerprint density at radius 1 is 0.784 bits per heavy atom. The van der Waals surface area contributed by atoms with E-state index in [1.807, 2.05) is 80.6 Å². The number of thiazole rings is 1. The van der Waals surface area contributed by atoms with Crippen LogP contribution >= 0.6 is 34.7 Å². The second kappa shape index (κ2) is 16.5. The number of aryl methyl sites for hydroxylation is 2. The van der Waals surface area contributed by atoms with Crippen LogP contribution in [0, 0.1) is 13.8 Å². The monoisotopic (exact) mass is 728 g/mol. The minimum Gasteiger partial charge on any atom is -0.321 e. The van der Waals surface area contributed by atoms with Gasteiger partial charge in [0, 0.05) is 31.6 Å². The molecule has 254 valence electrons. The Balaban J connectivity index is 1.22. The fourth-order valence-corrected chi connectivity index (χ4v) is 7.31. The van der Waals surface area contributed by atoms with Crippen molar-refractivity contribution in [3.63, 3.8) is 0 Å². The average Bonchev–Trinajstić information content (AvgIpc) is 3.50. The van der Waals surface area contributed by atoms with Gasteiger partial charge in [0.05, 0.1) is 5.69 Å². The van der Waals surface area contributed by atoms with E-state index in [1.165, 1.54) is 23.1 Å². The van der Waals surface area contributed by atoms with Gasteiger partial charge in [0.25, 0.3) is 11.8 Å². The molecule has 5 aromatic carbocycles. The van der Waals surface area contributed by atoms with Crippen molar-refractivity contribution in [2.45, 2.75) is 24.0 Å². The van der Waals surface area contributed by atoms with Gasteiger partial charge in [-0.25, -0.2) is 4.98 Å². The Morgan fingerprint density at radius 3 is 2.22 bits per heavy atom. The molecule has 0 aliphatic heterocycles. The van der Waals surface area contributed by atoms with Gasteiger partial charge in [0.15, 0.2) is 5.13 Å². The molecule has 51 heavy (non-hydrogen) atoms. The Bertz CT molecular complexity index is 2200. The summed E-state index contributed by atoms with van der Waals surface area (Å²) in [7, 11) is 0. The lowest BCUT2D eigenvalue weighted by Crippen LogP contribution is -2.30. The fourth-order valence-electron chi connectivity index (χ4n) is 5.19. The van der Waals surface area contributed by atoms with Crippen LogP contribution in [0.4, 0.5) is 10.8 Å². The molecule has 1 unspecified atom stereocenters. The van der Waals surface area contributed by atoms with Gasteiger partial charge in [-0.3, -0.25) is 14.4 Å². The summed E-state index contributed by atoms with van der Waals surface area (Å²) in [6.07, 6.45) is 1.57. The molecule has 0 fully saturated rings. The van der Waals surface area contributed by atoms with E-state index in [2.05, 4.69) is 16.0 Å². The molecule has 0 spiro atoms. The number of hydrogen-bond donors (Lipinski definition) is 3. The molecule has 1 aromatic heterocycles. The molecule has 3 amide bonds. The highest BCUT2D eigenvalue weighted by molar-refractivity contribution is 8.00. The third-order valence-electron chi connectivity index (χ3n) is 7.73. The number of carbonyl (C=O) groups is 3. The Hall–Kier alpha value is -5.48. The molecule has 6 aromatic rings. The van der Waals surface area contributed by atoms with Crippen molar-refractivity contribution in [3.8, 4) is 11.3 Å². The first-order valence-electron chi connectivity index (χ1n) is 16.0. The zero-order chi connectivity index (χ0) is 35.7. The first-order valence-corrected chi connectivity index (χ1v) is 18.1. The van der Waals surface area contributed by atoms with Crippen molar-refractivity contribution < 1.29 is 14.4 Å². The quantitative estimate of drug-likeness (QED) is 0.0911. The van der Waals surface area contributed by atoms with Gasteiger partial charge in [-0.05, 0) is 73.5 Å². The van der Waals surface area contributed by atoms with Crippen LogP contribution in [0.15, 0.2) is 144 Å². The minimum atomic E-state index is -0.618. The van der Waals surface area contributed by atoms with Crippen LogP contribution in [0.3, 0.4) is 0 Å². The highest BCUT2D eigenvalue weighted by Crippen LogP contribution is 2.38. The number of benzene rings is 5. The molecule has 0 radical (unpaired) electrons. The standard InChI is InChI=1S/C41H33ClN4O3S2/c1-26-19-21-29(22-20-26)36-27(2)50-41(45-36)46-40(49)37(30-12-5-3-6-13-30)51-34-18-10-17-33(25-34)43-39(48)35(24-28-11-9-16-32(42)23-28)44-38(47)31-14-7-4-8-15-31/h3-25,37H,1-2H3,(H,43,48)(H,44,47)(H,45,46,49)/b35-24-. The molecule has 10 heteroatoms. The molecule has 1 atom stereocenters. The predicted octanol–water partition coefficient (Wildman–Crippen LogP) is 9.96. The third kappa shape index (κ3) is 9.40. The van der Waals surface area contributed by atoms with Gasteiger partial charge < -0.3 is 16.0 Å². The Labute approximate surface area is 309 Å². The van der Waals surface area contributed by atoms with E-state index in [1.54, 1.807) is 72.8 Å². The van der Waals surface area contributed by atoms with Crippen molar-refractivity contribution in [3.05, 3.63) is 171 Å². The number of anilines is 2. The summed E-state index contributed by atoms with van der Waals surface area (Å²) in [5.74, 6) is -1.18. The summed E-state index contributed by atoms with van der Waals surface area (Å²) in [4.78, 5) is 47.2. The van der Waals surface area contributed by atoms with E-state index in [0.29, 0.717) is 27.0 Å². The van der Waals surface area contributed by atoms with Crippen molar-refractivity contribution in [1.29, 1.82) is 0 Å². The molecule has 0 aliphatic carbocycles. The van der Waals surface area contributed by atoms with E-state index in [9.17, 15) is 14.4 Å². The smallest absolute Gasteiger partial charge is 0.272 e. The molecular weight excluding hydrogens is 696 g/mol. The molecule has 0 saturated carbocycles. The molecule has 7 nitrogen and oxygen atoms in total. The summed E-state index contributed by atoms with van der Waals surface area (Å²) < 4.78 is 0. The number of thioether (sulfide) groups is 1. The molecule has 0 aliphatic rings. The number of amides is 3. The zero-order valence-electron chi connectivity index (χ0n) is 27.7. The first kappa shape index (κ1) is 35.3. The van der Waals surface area contributed by atoms with Gasteiger partial charge in [0.2, 0.25) is 5.91 Å². The van der Waals surface area contributed by atoms with Crippen LogP contribution < -0.4 is 16.0 Å². The lowest BCUT2D eigenvalue weighted by molar-refractivity contribution is -0.116. The number of halogens is 1. The Kier molecular flexibility index (Phi) is 11.4. The van der Waals surface area contributed by atoms with Crippen LogP contribution in [0.25, 0.3) is 17.3 Å². The van der Waals surface area contributed by atoms with E-state index < -0.39 is 17.1 Å². The topological polar surface area (TPSA) is 100 Å². The number of aromatic nitrogens is 1. The summed E-state index contributed by atoms with van der Waals surface area (Å²) in [6, 6.07) is 40.5. The van der Waals surface area contributed by atoms with Crippen LogP contribution in [0.1, 0.15) is 37.2 Å². The number of nitrogens with one attached hydrogen (secondary N) is 3. The predicted molar refractivity (Wildman–Crippen MR) is 209 cm³/mol. The van der Waals surface area contributed by atoms with Gasteiger partial charge in [-0.15, -0.1) is 23.1 Å². The van der Waals surface area contributed by atoms with Crippen molar-refractivity contribution in [2.24, 2.45) is 0 Å². The maximum atomic E-state index is 13.9. The van der Waals surface area contributed by atoms with Crippen molar-refractivity contribution in [1.82, 2.24) is 10.3 Å². The normalized spacial score (nSPS) is 11.8. The number of hydrogen-bond acceptors (Lipinski definition) is 6. The SMILES string of the molecule is Cc1ccc(-c2nc(NC(=O)C(Sc3cccc(NC(=O)/C(=C/c4cccc(Cl)c4)NC(=O)c4ccccc4)c3)c3ccccc3)sc2C)cc1. The van der Waals surface area contributed by atoms with E-state index in [-0.39, 0.29) is 11.6 Å². The lowest BCUT2D eigenvalue weighted by atomic mass is 10.1. The highest BCUT2D eigenvalue weighted by Gasteiger charge is 2.24. The molecule has 0 saturated heterocycles. The van der Waals surface area contributed by atoms with Gasteiger partial charge >= 0.3 is 0 Å². The number of carbonyl (C=O) groups excluding carboxylic acids is 3. The molecular formula is C41H33ClN4O3S2. The molecule has 0 bridgehead atoms. The summed E-state index contributed by atoms with van der Waals surface area (Å²) >= 11 is 8.99. The largest absolute Gasteiger partial charge is 0.321 e. The maximum absolute atomic E-state index is 13.9. The maximum Gasteiger partial charge on any atom is 0.272 e. The molecule has 6 rings (SSSR count). The average molecular weight is 729 g/mol. The highest BCUT2D eigenvalue weighted by atomic mass is 35.5. The van der Waals surface area contributed by atoms with Crippen molar-refractivity contribution in [2.75, 3.05) is 10.6 Å². The van der Waals surface area contributed by atoms with Gasteiger partial charge in [-0.2, -0.15) is 0 Å². The minimum absolute atomic E-state index is 0.0365. The first-order chi connectivity index (χ1) is 24.7. The number of rotatable bonds is 11. The van der Waals surface area contributed by atoms with Crippen LogP contribution in [-0.2, 0) is 9.59 Å². The van der Waals surface area contributed by atoms with Gasteiger partial charge in [0.1, 0.15) is 10.9 Å². The van der Waals surface area contributed by atoms with E-state index >= 15 is 0 Å². The second-order valence-corrected chi connectivity index (χ2v) is 14.4. The van der Waals surface area contributed by atoms with Crippen molar-refractivity contribution >= 4 is 69.3 Å². The van der Waals surface area contributed by atoms with Crippen LogP contribution in [-0.4, -0.2) is 22.7 Å².